The van der Waals surface area contributed by atoms with Crippen molar-refractivity contribution < 1.29 is 0 Å². The van der Waals surface area contributed by atoms with E-state index in [4.69, 9.17) is 0 Å². The average molecular weight is 295 g/mol. The first-order chi connectivity index (χ1) is 10.2. The van der Waals surface area contributed by atoms with E-state index in [9.17, 15) is 0 Å². The second kappa shape index (κ2) is 12.9. The molecule has 1 aliphatic heterocycles. The second-order valence-corrected chi connectivity index (χ2v) is 5.74. The van der Waals surface area contributed by atoms with Crippen LogP contribution in [0.15, 0.2) is 24.0 Å². The number of unbranched alkanes of at least 4 members (excludes halogenated alkanes) is 1. The molecule has 0 bridgehead atoms. The quantitative estimate of drug-likeness (QED) is 0.630. The Bertz CT molecular complexity index is 294. The molecule has 124 valence electrons. The van der Waals surface area contributed by atoms with E-state index in [0.29, 0.717) is 0 Å². The third kappa shape index (κ3) is 8.31. The molecule has 0 radical (unpaired) electrons. The molecule has 1 atom stereocenters. The molecule has 0 saturated carbocycles. The summed E-state index contributed by atoms with van der Waals surface area (Å²) in [6, 6.07) is 0. The normalized spacial score (nSPS) is 20.3. The molecule has 21 heavy (non-hydrogen) atoms. The molecular weight excluding hydrogens is 256 g/mol. The van der Waals surface area contributed by atoms with Crippen molar-refractivity contribution in [3.05, 3.63) is 24.0 Å². The molecule has 2 heteroatoms. The van der Waals surface area contributed by atoms with Gasteiger partial charge in [0.05, 0.1) is 0 Å². The van der Waals surface area contributed by atoms with Crippen molar-refractivity contribution in [2.24, 2.45) is 5.92 Å². The Kier molecular flexibility index (Phi) is 12.5. The minimum atomic E-state index is 0.812. The largest absolute Gasteiger partial charge is 0.352 e. The van der Waals surface area contributed by atoms with Crippen LogP contribution in [0.5, 0.6) is 0 Å². The van der Waals surface area contributed by atoms with Crippen LogP contribution >= 0.6 is 0 Å². The molecule has 1 saturated heterocycles. The molecular formula is C19H38N2. The zero-order valence-corrected chi connectivity index (χ0v) is 15.4. The van der Waals surface area contributed by atoms with Crippen LogP contribution in [0.2, 0.25) is 0 Å². The highest BCUT2D eigenvalue weighted by Crippen LogP contribution is 2.20. The molecule has 0 amide bonds. The number of nitrogens with zero attached hydrogens (tertiary/aromatic N) is 2. The molecule has 1 heterocycles. The third-order valence-electron chi connectivity index (χ3n) is 3.91. The Labute approximate surface area is 133 Å². The standard InChI is InChI=1S/C17H32N2.C2H6/c1-5-8-11-17(7-3)19(12-6-2)15-16-10-9-13-18(4)14-16;1-2/h6,11-12,16H,5,7-10,13-15H2,1-4H3;1-2H3/b12-6-,17-11-;. The van der Waals surface area contributed by atoms with Crippen molar-refractivity contribution in [2.45, 2.75) is 66.7 Å². The highest BCUT2D eigenvalue weighted by Gasteiger charge is 2.19. The number of allylic oxidation sites excluding steroid dienone is 3. The van der Waals surface area contributed by atoms with Gasteiger partial charge in [0.25, 0.3) is 0 Å². The molecule has 1 unspecified atom stereocenters. The van der Waals surface area contributed by atoms with E-state index in [-0.39, 0.29) is 0 Å². The van der Waals surface area contributed by atoms with E-state index in [1.165, 1.54) is 51.0 Å². The fourth-order valence-electron chi connectivity index (χ4n) is 2.93. The lowest BCUT2D eigenvalue weighted by atomic mass is 9.97. The summed E-state index contributed by atoms with van der Waals surface area (Å²) in [6.07, 6.45) is 13.1. The summed E-state index contributed by atoms with van der Waals surface area (Å²) in [6.45, 7) is 14.3. The Morgan fingerprint density at radius 1 is 1.29 bits per heavy atom. The lowest BCUT2D eigenvalue weighted by molar-refractivity contribution is 0.185. The maximum atomic E-state index is 2.49. The maximum absolute atomic E-state index is 2.49. The highest BCUT2D eigenvalue weighted by molar-refractivity contribution is 5.05. The van der Waals surface area contributed by atoms with Crippen LogP contribution in [0.1, 0.15) is 66.7 Å². The zero-order chi connectivity index (χ0) is 16.1. The van der Waals surface area contributed by atoms with Crippen molar-refractivity contribution >= 4 is 0 Å². The van der Waals surface area contributed by atoms with Crippen LogP contribution < -0.4 is 0 Å². The minimum absolute atomic E-state index is 0.812. The summed E-state index contributed by atoms with van der Waals surface area (Å²) in [5, 5.41) is 0. The summed E-state index contributed by atoms with van der Waals surface area (Å²) < 4.78 is 0. The Balaban J connectivity index is 0.00000191. The van der Waals surface area contributed by atoms with Gasteiger partial charge in [-0.3, -0.25) is 0 Å². The van der Waals surface area contributed by atoms with E-state index in [2.05, 4.69) is 56.0 Å². The first-order valence-corrected chi connectivity index (χ1v) is 8.98. The van der Waals surface area contributed by atoms with Gasteiger partial charge < -0.3 is 9.80 Å². The number of hydrogen-bond acceptors (Lipinski definition) is 2. The van der Waals surface area contributed by atoms with E-state index in [1.807, 2.05) is 13.8 Å². The minimum Gasteiger partial charge on any atom is -0.352 e. The second-order valence-electron chi connectivity index (χ2n) is 5.74. The number of piperidine rings is 1. The molecule has 0 aromatic carbocycles. The molecule has 0 aliphatic carbocycles. The summed E-state index contributed by atoms with van der Waals surface area (Å²) in [5.74, 6) is 0.812. The first kappa shape index (κ1) is 20.2. The number of rotatable bonds is 7. The van der Waals surface area contributed by atoms with E-state index < -0.39 is 0 Å². The molecule has 1 fully saturated rings. The SMILES string of the molecule is C/C=C\N(CC1CCCN(C)C1)/C(=C\CCC)CC.CC. The van der Waals surface area contributed by atoms with Crippen LogP contribution in [-0.4, -0.2) is 36.5 Å². The van der Waals surface area contributed by atoms with Gasteiger partial charge in [0.1, 0.15) is 0 Å². The van der Waals surface area contributed by atoms with Gasteiger partial charge in [-0.15, -0.1) is 0 Å². The Hall–Kier alpha value is -0.760. The molecule has 0 N–H and O–H groups in total. The van der Waals surface area contributed by atoms with Gasteiger partial charge >= 0.3 is 0 Å². The van der Waals surface area contributed by atoms with Crippen LogP contribution in [0.3, 0.4) is 0 Å². The van der Waals surface area contributed by atoms with Gasteiger partial charge in [-0.25, -0.2) is 0 Å². The fourth-order valence-corrected chi connectivity index (χ4v) is 2.93. The third-order valence-corrected chi connectivity index (χ3v) is 3.91. The summed E-state index contributed by atoms with van der Waals surface area (Å²) in [4.78, 5) is 4.96. The molecule has 1 rings (SSSR count). The maximum Gasteiger partial charge on any atom is 0.0262 e. The van der Waals surface area contributed by atoms with Gasteiger partial charge in [0.2, 0.25) is 0 Å². The van der Waals surface area contributed by atoms with Crippen molar-refractivity contribution in [1.82, 2.24) is 9.80 Å². The molecule has 2 nitrogen and oxygen atoms in total. The topological polar surface area (TPSA) is 6.48 Å². The van der Waals surface area contributed by atoms with E-state index >= 15 is 0 Å². The van der Waals surface area contributed by atoms with Crippen molar-refractivity contribution in [2.75, 3.05) is 26.7 Å². The summed E-state index contributed by atoms with van der Waals surface area (Å²) in [7, 11) is 2.25. The predicted octanol–water partition coefficient (Wildman–Crippen LogP) is 5.28. The lowest BCUT2D eigenvalue weighted by Crippen LogP contribution is -2.37. The summed E-state index contributed by atoms with van der Waals surface area (Å²) in [5.41, 5.74) is 1.49. The summed E-state index contributed by atoms with van der Waals surface area (Å²) >= 11 is 0. The molecule has 0 aromatic heterocycles. The van der Waals surface area contributed by atoms with Crippen LogP contribution in [0.4, 0.5) is 0 Å². The van der Waals surface area contributed by atoms with Crippen molar-refractivity contribution in [1.29, 1.82) is 0 Å². The van der Waals surface area contributed by atoms with Gasteiger partial charge in [-0.2, -0.15) is 0 Å². The lowest BCUT2D eigenvalue weighted by Gasteiger charge is -2.34. The van der Waals surface area contributed by atoms with Gasteiger partial charge in [-0.1, -0.05) is 46.3 Å². The average Bonchev–Trinajstić information content (AvgIpc) is 2.50. The molecule has 1 aliphatic rings. The van der Waals surface area contributed by atoms with Crippen molar-refractivity contribution in [3.63, 3.8) is 0 Å². The number of likely N-dealkylation sites (tertiary alicyclic amines) is 1. The van der Waals surface area contributed by atoms with E-state index in [0.717, 1.165) is 12.3 Å². The smallest absolute Gasteiger partial charge is 0.0262 e. The van der Waals surface area contributed by atoms with Crippen LogP contribution in [-0.2, 0) is 0 Å². The Morgan fingerprint density at radius 2 is 2.00 bits per heavy atom. The molecule has 0 aromatic rings. The predicted molar refractivity (Wildman–Crippen MR) is 96.4 cm³/mol. The van der Waals surface area contributed by atoms with Crippen molar-refractivity contribution in [3.8, 4) is 0 Å². The zero-order valence-electron chi connectivity index (χ0n) is 15.4. The van der Waals surface area contributed by atoms with Crippen LogP contribution in [0, 0.1) is 5.92 Å². The molecule has 0 spiro atoms. The van der Waals surface area contributed by atoms with Gasteiger partial charge in [-0.05, 0) is 58.3 Å². The number of hydrogen-bond donors (Lipinski definition) is 0. The Morgan fingerprint density at radius 3 is 2.52 bits per heavy atom. The monoisotopic (exact) mass is 294 g/mol. The van der Waals surface area contributed by atoms with Gasteiger partial charge in [0.15, 0.2) is 0 Å². The van der Waals surface area contributed by atoms with Crippen LogP contribution in [0.25, 0.3) is 0 Å². The van der Waals surface area contributed by atoms with E-state index in [1.54, 1.807) is 0 Å². The fraction of sp³-hybridized carbons (Fsp3) is 0.789. The highest BCUT2D eigenvalue weighted by atomic mass is 15.1. The first-order valence-electron chi connectivity index (χ1n) is 8.98. The van der Waals surface area contributed by atoms with Gasteiger partial charge in [0, 0.05) is 18.8 Å².